The molecule has 4 heteroatoms. The summed E-state index contributed by atoms with van der Waals surface area (Å²) < 4.78 is 0. The Morgan fingerprint density at radius 1 is 1.60 bits per heavy atom. The molecule has 0 atom stereocenters. The van der Waals surface area contributed by atoms with Crippen molar-refractivity contribution >= 4 is 0 Å². The SMILES string of the molecule is C=CCCCc1nn[nH]n1. The molecule has 0 saturated heterocycles. The van der Waals surface area contributed by atoms with Gasteiger partial charge in [0.15, 0.2) is 5.82 Å². The van der Waals surface area contributed by atoms with Gasteiger partial charge in [0.2, 0.25) is 0 Å². The highest BCUT2D eigenvalue weighted by Gasteiger charge is 1.94. The van der Waals surface area contributed by atoms with Gasteiger partial charge in [0.1, 0.15) is 0 Å². The van der Waals surface area contributed by atoms with Crippen molar-refractivity contribution in [3.05, 3.63) is 18.5 Å². The Balaban J connectivity index is 2.21. The zero-order valence-electron chi connectivity index (χ0n) is 5.75. The average molecular weight is 138 g/mol. The first-order valence-corrected chi connectivity index (χ1v) is 3.26. The van der Waals surface area contributed by atoms with E-state index in [0.29, 0.717) is 0 Å². The van der Waals surface area contributed by atoms with Crippen LogP contribution in [0.5, 0.6) is 0 Å². The maximum absolute atomic E-state index is 3.81. The van der Waals surface area contributed by atoms with Crippen molar-refractivity contribution in [2.45, 2.75) is 19.3 Å². The first-order valence-electron chi connectivity index (χ1n) is 3.26. The molecule has 0 aromatic carbocycles. The van der Waals surface area contributed by atoms with E-state index in [1.54, 1.807) is 0 Å². The van der Waals surface area contributed by atoms with Gasteiger partial charge < -0.3 is 0 Å². The van der Waals surface area contributed by atoms with Crippen LogP contribution >= 0.6 is 0 Å². The molecule has 0 aliphatic rings. The van der Waals surface area contributed by atoms with Gasteiger partial charge in [0.05, 0.1) is 0 Å². The third kappa shape index (κ3) is 1.97. The highest BCUT2D eigenvalue weighted by Crippen LogP contribution is 1.95. The van der Waals surface area contributed by atoms with Crippen molar-refractivity contribution in [2.75, 3.05) is 0 Å². The number of aromatic amines is 1. The van der Waals surface area contributed by atoms with E-state index in [-0.39, 0.29) is 0 Å². The van der Waals surface area contributed by atoms with Gasteiger partial charge in [0, 0.05) is 6.42 Å². The molecule has 1 heterocycles. The molecule has 0 unspecified atom stereocenters. The first-order chi connectivity index (χ1) is 4.93. The molecule has 1 aromatic heterocycles. The van der Waals surface area contributed by atoms with E-state index < -0.39 is 0 Å². The molecule has 4 nitrogen and oxygen atoms in total. The summed E-state index contributed by atoms with van der Waals surface area (Å²) in [6.45, 7) is 3.62. The third-order valence-corrected chi connectivity index (χ3v) is 1.20. The second-order valence-electron chi connectivity index (χ2n) is 2.01. The normalized spacial score (nSPS) is 9.60. The molecule has 10 heavy (non-hydrogen) atoms. The zero-order valence-corrected chi connectivity index (χ0v) is 5.75. The molecular formula is C6H10N4. The molecule has 54 valence electrons. The van der Waals surface area contributed by atoms with Gasteiger partial charge in [-0.05, 0) is 12.8 Å². The van der Waals surface area contributed by atoms with Crippen molar-refractivity contribution in [2.24, 2.45) is 0 Å². The third-order valence-electron chi connectivity index (χ3n) is 1.20. The van der Waals surface area contributed by atoms with E-state index in [0.717, 1.165) is 25.1 Å². The summed E-state index contributed by atoms with van der Waals surface area (Å²) in [6, 6.07) is 0. The van der Waals surface area contributed by atoms with E-state index in [1.165, 1.54) is 0 Å². The number of H-pyrrole nitrogens is 1. The van der Waals surface area contributed by atoms with Crippen LogP contribution in [0.1, 0.15) is 18.7 Å². The fraction of sp³-hybridized carbons (Fsp3) is 0.500. The average Bonchev–Trinajstić information content (AvgIpc) is 2.41. The standard InChI is InChI=1S/C6H10N4/c1-2-3-4-5-6-7-9-10-8-6/h2H,1,3-5H2,(H,7,8,9,10). The number of aryl methyl sites for hydroxylation is 1. The van der Waals surface area contributed by atoms with Crippen LogP contribution in [0.3, 0.4) is 0 Å². The quantitative estimate of drug-likeness (QED) is 0.492. The molecule has 1 aromatic rings. The predicted octanol–water partition coefficient (Wildman–Crippen LogP) is 0.708. The maximum atomic E-state index is 3.81. The number of nitrogens with zero attached hydrogens (tertiary/aromatic N) is 3. The van der Waals surface area contributed by atoms with Crippen molar-refractivity contribution < 1.29 is 0 Å². The number of hydrogen-bond acceptors (Lipinski definition) is 3. The first kappa shape index (κ1) is 6.92. The van der Waals surface area contributed by atoms with Crippen LogP contribution in [0.4, 0.5) is 0 Å². The minimum atomic E-state index is 0.779. The maximum Gasteiger partial charge on any atom is 0.174 e. The Labute approximate surface area is 59.3 Å². The smallest absolute Gasteiger partial charge is 0.174 e. The number of aromatic nitrogens is 4. The molecular weight excluding hydrogens is 128 g/mol. The lowest BCUT2D eigenvalue weighted by Crippen LogP contribution is -1.87. The van der Waals surface area contributed by atoms with E-state index in [2.05, 4.69) is 27.2 Å². The van der Waals surface area contributed by atoms with Crippen LogP contribution in [0.2, 0.25) is 0 Å². The molecule has 1 rings (SSSR count). The number of tetrazole rings is 1. The molecule has 0 spiro atoms. The Morgan fingerprint density at radius 2 is 2.50 bits per heavy atom. The highest BCUT2D eigenvalue weighted by molar-refractivity contribution is 4.77. The number of allylic oxidation sites excluding steroid dienone is 1. The van der Waals surface area contributed by atoms with Crippen LogP contribution in [0.15, 0.2) is 12.7 Å². The highest BCUT2D eigenvalue weighted by atomic mass is 15.5. The topological polar surface area (TPSA) is 54.5 Å². The summed E-state index contributed by atoms with van der Waals surface area (Å²) >= 11 is 0. The Kier molecular flexibility index (Phi) is 2.61. The second kappa shape index (κ2) is 3.76. The number of hydrogen-bond donors (Lipinski definition) is 1. The Bertz CT molecular complexity index is 180. The Hall–Kier alpha value is -1.19. The monoisotopic (exact) mass is 138 g/mol. The van der Waals surface area contributed by atoms with Gasteiger partial charge in [-0.15, -0.1) is 16.8 Å². The van der Waals surface area contributed by atoms with Gasteiger partial charge in [0.25, 0.3) is 0 Å². The minimum Gasteiger partial charge on any atom is -0.177 e. The van der Waals surface area contributed by atoms with E-state index >= 15 is 0 Å². The second-order valence-corrected chi connectivity index (χ2v) is 2.01. The van der Waals surface area contributed by atoms with Crippen LogP contribution in [-0.4, -0.2) is 20.6 Å². The van der Waals surface area contributed by atoms with E-state index in [1.807, 2.05) is 6.08 Å². The van der Waals surface area contributed by atoms with Crippen LogP contribution < -0.4 is 0 Å². The lowest BCUT2D eigenvalue weighted by molar-refractivity contribution is 0.789. The summed E-state index contributed by atoms with van der Waals surface area (Å²) in [5, 5.41) is 13.5. The van der Waals surface area contributed by atoms with Crippen LogP contribution in [0.25, 0.3) is 0 Å². The summed E-state index contributed by atoms with van der Waals surface area (Å²) in [7, 11) is 0. The predicted molar refractivity (Wildman–Crippen MR) is 37.3 cm³/mol. The number of rotatable bonds is 4. The molecule has 0 fully saturated rings. The summed E-state index contributed by atoms with van der Waals surface area (Å²) in [5.74, 6) is 0.779. The molecule has 0 aliphatic heterocycles. The Morgan fingerprint density at radius 3 is 3.10 bits per heavy atom. The van der Waals surface area contributed by atoms with Gasteiger partial charge in [-0.2, -0.15) is 5.21 Å². The van der Waals surface area contributed by atoms with Crippen LogP contribution in [-0.2, 0) is 6.42 Å². The molecule has 0 bridgehead atoms. The summed E-state index contributed by atoms with van der Waals surface area (Å²) in [4.78, 5) is 0. The molecule has 1 N–H and O–H groups in total. The van der Waals surface area contributed by atoms with E-state index in [9.17, 15) is 0 Å². The fourth-order valence-corrected chi connectivity index (χ4v) is 0.693. The van der Waals surface area contributed by atoms with Crippen molar-refractivity contribution in [1.82, 2.24) is 20.6 Å². The van der Waals surface area contributed by atoms with Crippen LogP contribution in [0, 0.1) is 0 Å². The van der Waals surface area contributed by atoms with E-state index in [4.69, 9.17) is 0 Å². The van der Waals surface area contributed by atoms with Gasteiger partial charge in [-0.1, -0.05) is 11.3 Å². The van der Waals surface area contributed by atoms with Crippen molar-refractivity contribution in [1.29, 1.82) is 0 Å². The van der Waals surface area contributed by atoms with Gasteiger partial charge in [-0.3, -0.25) is 0 Å². The summed E-state index contributed by atoms with van der Waals surface area (Å²) in [6.07, 6.45) is 4.82. The van der Waals surface area contributed by atoms with Crippen molar-refractivity contribution in [3.63, 3.8) is 0 Å². The molecule has 0 radical (unpaired) electrons. The molecule has 0 amide bonds. The lowest BCUT2D eigenvalue weighted by atomic mass is 10.2. The summed E-state index contributed by atoms with van der Waals surface area (Å²) in [5.41, 5.74) is 0. The van der Waals surface area contributed by atoms with Gasteiger partial charge >= 0.3 is 0 Å². The number of unbranched alkanes of at least 4 members (excludes halogenated alkanes) is 1. The lowest BCUT2D eigenvalue weighted by Gasteiger charge is -1.87. The number of nitrogens with one attached hydrogen (secondary N) is 1. The largest absolute Gasteiger partial charge is 0.177 e. The van der Waals surface area contributed by atoms with Crippen molar-refractivity contribution in [3.8, 4) is 0 Å². The minimum absolute atomic E-state index is 0.779. The zero-order chi connectivity index (χ0) is 7.23. The molecule has 0 saturated carbocycles. The van der Waals surface area contributed by atoms with Gasteiger partial charge in [-0.25, -0.2) is 0 Å². The molecule has 0 aliphatic carbocycles. The fourth-order valence-electron chi connectivity index (χ4n) is 0.693.